The minimum absolute atomic E-state index is 0.314. The highest BCUT2D eigenvalue weighted by molar-refractivity contribution is 7.10. The van der Waals surface area contributed by atoms with E-state index in [0.717, 1.165) is 50.8 Å². The molecule has 0 spiro atoms. The fourth-order valence-corrected chi connectivity index (χ4v) is 4.05. The third-order valence-corrected chi connectivity index (χ3v) is 5.73. The zero-order chi connectivity index (χ0) is 20.3. The highest BCUT2D eigenvalue weighted by Gasteiger charge is 2.23. The van der Waals surface area contributed by atoms with E-state index >= 15 is 0 Å². The van der Waals surface area contributed by atoms with E-state index in [1.54, 1.807) is 18.4 Å². The van der Waals surface area contributed by atoms with Crippen molar-refractivity contribution in [3.05, 3.63) is 46.3 Å². The van der Waals surface area contributed by atoms with Crippen molar-refractivity contribution in [1.29, 1.82) is 0 Å². The second kappa shape index (κ2) is 11.7. The standard InChI is InChI=1S/C21H31N5O2S/c1-3-10-28-20-7-6-17(14-23-20)15-24-21(22-2)25-16-18(19-5-4-13-29-19)26-8-11-27-12-9-26/h4-7,13-14,18H,3,8-12,15-16H2,1-2H3,(H2,22,24,25). The topological polar surface area (TPSA) is 71.0 Å². The Morgan fingerprint density at radius 1 is 1.31 bits per heavy atom. The molecule has 7 nitrogen and oxygen atoms in total. The number of nitrogens with one attached hydrogen (secondary N) is 2. The first-order valence-electron chi connectivity index (χ1n) is 10.2. The molecular weight excluding hydrogens is 386 g/mol. The van der Waals surface area contributed by atoms with Crippen molar-refractivity contribution in [2.45, 2.75) is 25.9 Å². The molecule has 1 aliphatic rings. The van der Waals surface area contributed by atoms with Gasteiger partial charge in [0.2, 0.25) is 5.88 Å². The number of pyridine rings is 1. The average Bonchev–Trinajstić information content (AvgIpc) is 3.30. The van der Waals surface area contributed by atoms with Gasteiger partial charge in [-0.1, -0.05) is 19.1 Å². The van der Waals surface area contributed by atoms with Gasteiger partial charge in [0.1, 0.15) is 0 Å². The molecule has 158 valence electrons. The number of nitrogens with zero attached hydrogens (tertiary/aromatic N) is 3. The fourth-order valence-electron chi connectivity index (χ4n) is 3.19. The molecule has 0 aliphatic carbocycles. The van der Waals surface area contributed by atoms with E-state index < -0.39 is 0 Å². The van der Waals surface area contributed by atoms with Crippen molar-refractivity contribution in [2.24, 2.45) is 4.99 Å². The van der Waals surface area contributed by atoms with Crippen molar-refractivity contribution >= 4 is 17.3 Å². The molecule has 2 aromatic rings. The molecule has 3 heterocycles. The van der Waals surface area contributed by atoms with E-state index in [1.165, 1.54) is 4.88 Å². The van der Waals surface area contributed by atoms with Crippen LogP contribution in [-0.4, -0.2) is 62.3 Å². The van der Waals surface area contributed by atoms with E-state index in [1.807, 2.05) is 18.3 Å². The molecule has 2 aromatic heterocycles. The van der Waals surface area contributed by atoms with Gasteiger partial charge < -0.3 is 20.1 Å². The molecule has 0 radical (unpaired) electrons. The zero-order valence-corrected chi connectivity index (χ0v) is 18.1. The number of rotatable bonds is 9. The lowest BCUT2D eigenvalue weighted by molar-refractivity contribution is 0.0177. The summed E-state index contributed by atoms with van der Waals surface area (Å²) in [7, 11) is 1.80. The first-order chi connectivity index (χ1) is 14.3. The van der Waals surface area contributed by atoms with Crippen LogP contribution in [0.25, 0.3) is 0 Å². The summed E-state index contributed by atoms with van der Waals surface area (Å²) < 4.78 is 11.1. The van der Waals surface area contributed by atoms with Crippen LogP contribution in [0.1, 0.15) is 29.8 Å². The molecule has 0 saturated carbocycles. The van der Waals surface area contributed by atoms with Crippen LogP contribution in [0.5, 0.6) is 5.88 Å². The Morgan fingerprint density at radius 2 is 2.17 bits per heavy atom. The molecule has 1 saturated heterocycles. The normalized spacial score (nSPS) is 16.4. The summed E-state index contributed by atoms with van der Waals surface area (Å²) in [4.78, 5) is 12.6. The van der Waals surface area contributed by atoms with Crippen LogP contribution < -0.4 is 15.4 Å². The highest BCUT2D eigenvalue weighted by Crippen LogP contribution is 2.25. The molecule has 1 fully saturated rings. The van der Waals surface area contributed by atoms with Crippen molar-refractivity contribution in [3.63, 3.8) is 0 Å². The molecule has 2 N–H and O–H groups in total. The lowest BCUT2D eigenvalue weighted by Crippen LogP contribution is -2.46. The number of hydrogen-bond donors (Lipinski definition) is 2. The van der Waals surface area contributed by atoms with Crippen LogP contribution in [-0.2, 0) is 11.3 Å². The number of aliphatic imine (C=N–C) groups is 1. The predicted molar refractivity (Wildman–Crippen MR) is 118 cm³/mol. The molecule has 29 heavy (non-hydrogen) atoms. The lowest BCUT2D eigenvalue weighted by atomic mass is 10.2. The third kappa shape index (κ3) is 6.69. The minimum atomic E-state index is 0.314. The number of hydrogen-bond acceptors (Lipinski definition) is 6. The monoisotopic (exact) mass is 417 g/mol. The van der Waals surface area contributed by atoms with Gasteiger partial charge in [-0.15, -0.1) is 11.3 Å². The fraction of sp³-hybridized carbons (Fsp3) is 0.524. The Morgan fingerprint density at radius 3 is 2.83 bits per heavy atom. The van der Waals surface area contributed by atoms with Gasteiger partial charge in [0.25, 0.3) is 0 Å². The maximum absolute atomic E-state index is 5.53. The van der Waals surface area contributed by atoms with Crippen LogP contribution in [0.15, 0.2) is 40.8 Å². The van der Waals surface area contributed by atoms with Crippen molar-refractivity contribution < 1.29 is 9.47 Å². The third-order valence-electron chi connectivity index (χ3n) is 4.76. The minimum Gasteiger partial charge on any atom is -0.478 e. The molecule has 1 unspecified atom stereocenters. The van der Waals surface area contributed by atoms with Crippen molar-refractivity contribution in [3.8, 4) is 5.88 Å². The number of guanidine groups is 1. The maximum Gasteiger partial charge on any atom is 0.213 e. The van der Waals surface area contributed by atoms with Crippen LogP contribution >= 0.6 is 11.3 Å². The number of aromatic nitrogens is 1. The molecule has 0 aromatic carbocycles. The zero-order valence-electron chi connectivity index (χ0n) is 17.3. The molecule has 3 rings (SSSR count). The Kier molecular flexibility index (Phi) is 8.73. The summed E-state index contributed by atoms with van der Waals surface area (Å²) in [5.41, 5.74) is 1.08. The van der Waals surface area contributed by atoms with Gasteiger partial charge in [0, 0.05) is 50.4 Å². The lowest BCUT2D eigenvalue weighted by Gasteiger charge is -2.34. The molecule has 8 heteroatoms. The largest absolute Gasteiger partial charge is 0.478 e. The van der Waals surface area contributed by atoms with Crippen LogP contribution in [0.3, 0.4) is 0 Å². The van der Waals surface area contributed by atoms with E-state index in [9.17, 15) is 0 Å². The van der Waals surface area contributed by atoms with Gasteiger partial charge in [-0.25, -0.2) is 4.98 Å². The summed E-state index contributed by atoms with van der Waals surface area (Å²) >= 11 is 1.80. The van der Waals surface area contributed by atoms with Gasteiger partial charge in [-0.3, -0.25) is 9.89 Å². The Labute approximate surface area is 177 Å². The van der Waals surface area contributed by atoms with Crippen molar-refractivity contribution in [2.75, 3.05) is 46.5 Å². The summed E-state index contributed by atoms with van der Waals surface area (Å²) in [5.74, 6) is 1.45. The SMILES string of the molecule is CCCOc1ccc(CNC(=NC)NCC(c2cccs2)N2CCOCC2)cn1. The van der Waals surface area contributed by atoms with Gasteiger partial charge in [-0.2, -0.15) is 0 Å². The smallest absolute Gasteiger partial charge is 0.213 e. The summed E-state index contributed by atoms with van der Waals surface area (Å²) in [6.07, 6.45) is 2.82. The second-order valence-corrected chi connectivity index (χ2v) is 7.82. The number of thiophene rings is 1. The van der Waals surface area contributed by atoms with E-state index in [4.69, 9.17) is 9.47 Å². The highest BCUT2D eigenvalue weighted by atomic mass is 32.1. The van der Waals surface area contributed by atoms with Gasteiger partial charge in [0.05, 0.1) is 25.9 Å². The van der Waals surface area contributed by atoms with E-state index in [2.05, 4.69) is 49.9 Å². The number of morpholine rings is 1. The van der Waals surface area contributed by atoms with Gasteiger partial charge >= 0.3 is 0 Å². The maximum atomic E-state index is 5.53. The van der Waals surface area contributed by atoms with Crippen LogP contribution in [0.4, 0.5) is 0 Å². The quantitative estimate of drug-likeness (QED) is 0.483. The summed E-state index contributed by atoms with van der Waals surface area (Å²) in [5, 5.41) is 8.99. The molecule has 1 atom stereocenters. The molecule has 0 amide bonds. The van der Waals surface area contributed by atoms with Gasteiger partial charge in [-0.05, 0) is 23.4 Å². The predicted octanol–water partition coefficient (Wildman–Crippen LogP) is 2.67. The van der Waals surface area contributed by atoms with Crippen LogP contribution in [0.2, 0.25) is 0 Å². The van der Waals surface area contributed by atoms with Crippen molar-refractivity contribution in [1.82, 2.24) is 20.5 Å². The summed E-state index contributed by atoms with van der Waals surface area (Å²) in [6, 6.07) is 8.57. The van der Waals surface area contributed by atoms with E-state index in [0.29, 0.717) is 25.1 Å². The molecule has 1 aliphatic heterocycles. The second-order valence-electron chi connectivity index (χ2n) is 6.84. The van der Waals surface area contributed by atoms with E-state index in [-0.39, 0.29) is 0 Å². The Bertz CT molecular complexity index is 730. The first-order valence-corrected chi connectivity index (χ1v) is 11.1. The Balaban J connectivity index is 1.52. The van der Waals surface area contributed by atoms with Crippen LogP contribution in [0, 0.1) is 0 Å². The number of ether oxygens (including phenoxy) is 2. The first kappa shape index (κ1) is 21.5. The molecular formula is C21H31N5O2S. The Hall–Kier alpha value is -2.16. The average molecular weight is 418 g/mol. The molecule has 0 bridgehead atoms. The van der Waals surface area contributed by atoms with Gasteiger partial charge in [0.15, 0.2) is 5.96 Å². The summed E-state index contributed by atoms with van der Waals surface area (Å²) in [6.45, 7) is 7.71.